The molecule has 1 aliphatic rings. The van der Waals surface area contributed by atoms with Crippen molar-refractivity contribution in [2.24, 2.45) is 0 Å². The second kappa shape index (κ2) is 8.20. The van der Waals surface area contributed by atoms with Gasteiger partial charge in [-0.2, -0.15) is 0 Å². The van der Waals surface area contributed by atoms with Crippen molar-refractivity contribution < 1.29 is 9.21 Å². The van der Waals surface area contributed by atoms with E-state index < -0.39 is 0 Å². The second-order valence-corrected chi connectivity index (χ2v) is 10.4. The van der Waals surface area contributed by atoms with Crippen LogP contribution < -0.4 is 0 Å². The van der Waals surface area contributed by atoms with Gasteiger partial charge in [-0.3, -0.25) is 9.69 Å². The molecule has 0 aliphatic carbocycles. The molecule has 3 heterocycles. The number of hydrogen-bond acceptors (Lipinski definition) is 5. The predicted octanol–water partition coefficient (Wildman–Crippen LogP) is 5.30. The van der Waals surface area contributed by atoms with Gasteiger partial charge in [0.15, 0.2) is 5.76 Å². The Morgan fingerprint density at radius 3 is 2.79 bits per heavy atom. The molecule has 29 heavy (non-hydrogen) atoms. The highest BCUT2D eigenvalue weighted by molar-refractivity contribution is 9.10. The molecule has 0 unspecified atom stereocenters. The van der Waals surface area contributed by atoms with Crippen molar-refractivity contribution in [3.63, 3.8) is 0 Å². The van der Waals surface area contributed by atoms with E-state index >= 15 is 0 Å². The summed E-state index contributed by atoms with van der Waals surface area (Å²) in [6.07, 6.45) is 0.952. The minimum Gasteiger partial charge on any atom is -0.451 e. The van der Waals surface area contributed by atoms with Crippen LogP contribution >= 0.6 is 27.3 Å². The summed E-state index contributed by atoms with van der Waals surface area (Å²) in [5, 5.41) is 4.29. The topological polar surface area (TPSA) is 49.6 Å². The Balaban J connectivity index is 1.40. The minimum absolute atomic E-state index is 0.0251. The molecule has 1 amide bonds. The molecule has 0 spiro atoms. The first-order valence-corrected chi connectivity index (χ1v) is 11.6. The van der Waals surface area contributed by atoms with Crippen LogP contribution in [-0.4, -0.2) is 46.9 Å². The highest BCUT2D eigenvalue weighted by Gasteiger charge is 2.24. The van der Waals surface area contributed by atoms with Crippen LogP contribution in [0, 0.1) is 0 Å². The molecule has 1 aliphatic heterocycles. The molecular formula is C22H26BrN3O2S. The molecule has 1 fully saturated rings. The fraction of sp³-hybridized carbons (Fsp3) is 0.455. The molecule has 7 heteroatoms. The zero-order chi connectivity index (χ0) is 20.6. The van der Waals surface area contributed by atoms with Crippen molar-refractivity contribution in [2.45, 2.75) is 39.2 Å². The van der Waals surface area contributed by atoms with Crippen molar-refractivity contribution in [1.82, 2.24) is 14.8 Å². The van der Waals surface area contributed by atoms with Gasteiger partial charge in [0.05, 0.1) is 10.7 Å². The molecule has 0 bridgehead atoms. The molecule has 0 radical (unpaired) electrons. The summed E-state index contributed by atoms with van der Waals surface area (Å²) < 4.78 is 6.78. The third kappa shape index (κ3) is 4.73. The minimum atomic E-state index is -0.0251. The van der Waals surface area contributed by atoms with Crippen molar-refractivity contribution in [3.05, 3.63) is 50.6 Å². The number of thiazole rings is 1. The van der Waals surface area contributed by atoms with E-state index in [0.29, 0.717) is 12.3 Å². The molecule has 5 nitrogen and oxygen atoms in total. The van der Waals surface area contributed by atoms with Crippen LogP contribution in [0.4, 0.5) is 0 Å². The number of hydrogen-bond donors (Lipinski definition) is 0. The lowest BCUT2D eigenvalue weighted by atomic mass is 9.98. The zero-order valence-corrected chi connectivity index (χ0v) is 19.5. The Morgan fingerprint density at radius 1 is 1.21 bits per heavy atom. The maximum absolute atomic E-state index is 13.0. The molecule has 3 aromatic rings. The molecule has 0 saturated carbocycles. The standard InChI is InChI=1S/C22H26BrN3O2S/c1-22(2,3)21-24-17(14-29-21)13-25-7-4-8-26(10-9-25)20(27)19-12-15-11-16(23)5-6-18(15)28-19/h5-6,11-12,14H,4,7-10,13H2,1-3H3. The summed E-state index contributed by atoms with van der Waals surface area (Å²) in [6.45, 7) is 10.7. The van der Waals surface area contributed by atoms with Gasteiger partial charge >= 0.3 is 0 Å². The molecule has 154 valence electrons. The number of rotatable bonds is 3. The normalized spacial score (nSPS) is 16.3. The van der Waals surface area contributed by atoms with E-state index in [9.17, 15) is 4.79 Å². The van der Waals surface area contributed by atoms with E-state index in [0.717, 1.165) is 53.7 Å². The fourth-order valence-electron chi connectivity index (χ4n) is 3.56. The smallest absolute Gasteiger partial charge is 0.289 e. The number of fused-ring (bicyclic) bond motifs is 1. The van der Waals surface area contributed by atoms with E-state index in [2.05, 4.69) is 47.0 Å². The Bertz CT molecular complexity index is 1020. The van der Waals surface area contributed by atoms with Gasteiger partial charge in [-0.05, 0) is 30.7 Å². The summed E-state index contributed by atoms with van der Waals surface area (Å²) in [5.74, 6) is 0.392. The maximum atomic E-state index is 13.0. The van der Waals surface area contributed by atoms with Gasteiger partial charge in [0.1, 0.15) is 5.58 Å². The number of benzene rings is 1. The summed E-state index contributed by atoms with van der Waals surface area (Å²) in [5.41, 5.74) is 1.96. The average molecular weight is 476 g/mol. The van der Waals surface area contributed by atoms with Gasteiger partial charge in [0.2, 0.25) is 0 Å². The Kier molecular flexibility index (Phi) is 5.82. The number of amides is 1. The first-order chi connectivity index (χ1) is 13.8. The van der Waals surface area contributed by atoms with Crippen LogP contribution in [0.25, 0.3) is 11.0 Å². The SMILES string of the molecule is CC(C)(C)c1nc(CN2CCCN(C(=O)c3cc4cc(Br)ccc4o3)CC2)cs1. The first-order valence-electron chi connectivity index (χ1n) is 9.95. The lowest BCUT2D eigenvalue weighted by molar-refractivity contribution is 0.0731. The van der Waals surface area contributed by atoms with Gasteiger partial charge in [-0.25, -0.2) is 4.98 Å². The Morgan fingerprint density at radius 2 is 2.03 bits per heavy atom. The van der Waals surface area contributed by atoms with E-state index in [1.807, 2.05) is 29.2 Å². The highest BCUT2D eigenvalue weighted by atomic mass is 79.9. The van der Waals surface area contributed by atoms with Crippen LogP contribution in [0.1, 0.15) is 48.4 Å². The average Bonchev–Trinajstić information content (AvgIpc) is 3.23. The molecule has 0 atom stereocenters. The number of nitrogens with zero attached hydrogens (tertiary/aromatic N) is 3. The summed E-state index contributed by atoms with van der Waals surface area (Å²) in [7, 11) is 0. The quantitative estimate of drug-likeness (QED) is 0.515. The first kappa shape index (κ1) is 20.6. The van der Waals surface area contributed by atoms with Crippen molar-refractivity contribution in [1.29, 1.82) is 0 Å². The molecule has 0 N–H and O–H groups in total. The predicted molar refractivity (Wildman–Crippen MR) is 121 cm³/mol. The number of furan rings is 1. The third-order valence-electron chi connectivity index (χ3n) is 5.14. The molecule has 2 aromatic heterocycles. The molecule has 1 aromatic carbocycles. The van der Waals surface area contributed by atoms with Gasteiger partial charge in [-0.15, -0.1) is 11.3 Å². The Hall–Kier alpha value is -1.70. The van der Waals surface area contributed by atoms with E-state index in [4.69, 9.17) is 9.40 Å². The molecular weight excluding hydrogens is 450 g/mol. The summed E-state index contributed by atoms with van der Waals surface area (Å²) in [4.78, 5) is 22.1. The van der Waals surface area contributed by atoms with Gasteiger partial charge in [0.25, 0.3) is 5.91 Å². The number of aromatic nitrogens is 1. The van der Waals surface area contributed by atoms with Crippen LogP contribution in [0.2, 0.25) is 0 Å². The molecule has 4 rings (SSSR count). The van der Waals surface area contributed by atoms with E-state index in [1.165, 1.54) is 5.01 Å². The highest BCUT2D eigenvalue weighted by Crippen LogP contribution is 2.27. The number of carbonyl (C=O) groups excluding carboxylic acids is 1. The second-order valence-electron chi connectivity index (χ2n) is 8.61. The van der Waals surface area contributed by atoms with Crippen LogP contribution in [0.3, 0.4) is 0 Å². The van der Waals surface area contributed by atoms with Gasteiger partial charge in [-0.1, -0.05) is 36.7 Å². The molecule has 1 saturated heterocycles. The van der Waals surface area contributed by atoms with Gasteiger partial charge in [0, 0.05) is 53.4 Å². The monoisotopic (exact) mass is 475 g/mol. The van der Waals surface area contributed by atoms with Gasteiger partial charge < -0.3 is 9.32 Å². The van der Waals surface area contributed by atoms with Crippen LogP contribution in [-0.2, 0) is 12.0 Å². The maximum Gasteiger partial charge on any atom is 0.289 e. The summed E-state index contributed by atoms with van der Waals surface area (Å²) in [6, 6.07) is 7.63. The summed E-state index contributed by atoms with van der Waals surface area (Å²) >= 11 is 5.20. The third-order valence-corrected chi connectivity index (χ3v) is 6.95. The zero-order valence-electron chi connectivity index (χ0n) is 17.1. The lowest BCUT2D eigenvalue weighted by Crippen LogP contribution is -2.35. The number of halogens is 1. The Labute approximate surface area is 183 Å². The van der Waals surface area contributed by atoms with E-state index in [1.54, 1.807) is 11.3 Å². The number of carbonyl (C=O) groups is 1. The largest absolute Gasteiger partial charge is 0.451 e. The van der Waals surface area contributed by atoms with Crippen molar-refractivity contribution >= 4 is 44.1 Å². The van der Waals surface area contributed by atoms with Crippen LogP contribution in [0.5, 0.6) is 0 Å². The fourth-order valence-corrected chi connectivity index (χ4v) is 4.84. The lowest BCUT2D eigenvalue weighted by Gasteiger charge is -2.20. The van der Waals surface area contributed by atoms with E-state index in [-0.39, 0.29) is 11.3 Å². The van der Waals surface area contributed by atoms with Crippen molar-refractivity contribution in [3.8, 4) is 0 Å². The van der Waals surface area contributed by atoms with Crippen molar-refractivity contribution in [2.75, 3.05) is 26.2 Å². The van der Waals surface area contributed by atoms with Crippen LogP contribution in [0.15, 0.2) is 38.5 Å².